The predicted octanol–water partition coefficient (Wildman–Crippen LogP) is 2.11. The van der Waals surface area contributed by atoms with E-state index in [2.05, 4.69) is 5.32 Å². The number of nitrogens with zero attached hydrogens (tertiary/aromatic N) is 1. The third-order valence-corrected chi connectivity index (χ3v) is 6.63. The maximum Gasteiger partial charge on any atom is 0.252 e. The number of hydrogen-bond acceptors (Lipinski definition) is 4. The van der Waals surface area contributed by atoms with Gasteiger partial charge in [0, 0.05) is 25.7 Å². The summed E-state index contributed by atoms with van der Waals surface area (Å²) in [7, 11) is -3.37. The van der Waals surface area contributed by atoms with Crippen LogP contribution in [0.4, 0.5) is 0 Å². The zero-order valence-corrected chi connectivity index (χ0v) is 13.3. The second kappa shape index (κ2) is 6.07. The Labute approximate surface area is 123 Å². The van der Waals surface area contributed by atoms with Gasteiger partial charge < -0.3 is 5.32 Å². The van der Waals surface area contributed by atoms with Crippen LogP contribution in [0.15, 0.2) is 10.3 Å². The van der Waals surface area contributed by atoms with Crippen molar-refractivity contribution in [2.75, 3.05) is 19.6 Å². The van der Waals surface area contributed by atoms with Crippen LogP contribution in [0.1, 0.15) is 12.5 Å². The van der Waals surface area contributed by atoms with Gasteiger partial charge in [0.25, 0.3) is 10.0 Å². The Morgan fingerprint density at radius 1 is 1.56 bits per heavy atom. The van der Waals surface area contributed by atoms with Gasteiger partial charge in [0.05, 0.1) is 4.34 Å². The van der Waals surface area contributed by atoms with Crippen molar-refractivity contribution in [1.29, 1.82) is 0 Å². The molecule has 0 spiro atoms. The summed E-state index contributed by atoms with van der Waals surface area (Å²) < 4.78 is 27.1. The van der Waals surface area contributed by atoms with Gasteiger partial charge in [-0.25, -0.2) is 8.42 Å². The highest BCUT2D eigenvalue weighted by molar-refractivity contribution is 7.91. The molecule has 0 radical (unpaired) electrons. The summed E-state index contributed by atoms with van der Waals surface area (Å²) >= 11 is 7.06. The van der Waals surface area contributed by atoms with Crippen LogP contribution in [-0.2, 0) is 10.0 Å². The van der Waals surface area contributed by atoms with E-state index in [1.165, 1.54) is 4.31 Å². The lowest BCUT2D eigenvalue weighted by Gasteiger charge is -2.30. The highest BCUT2D eigenvalue weighted by Gasteiger charge is 2.30. The fraction of sp³-hybridized carbons (Fsp3) is 0.600. The maximum atomic E-state index is 12.3. The largest absolute Gasteiger partial charge is 0.312 e. The van der Waals surface area contributed by atoms with Crippen LogP contribution in [0.2, 0.25) is 4.34 Å². The van der Waals surface area contributed by atoms with E-state index in [-0.39, 0.29) is 18.4 Å². The molecule has 1 unspecified atom stereocenters. The van der Waals surface area contributed by atoms with Crippen molar-refractivity contribution in [1.82, 2.24) is 9.62 Å². The molecule has 2 heterocycles. The fourth-order valence-electron chi connectivity index (χ4n) is 1.80. The molecule has 1 aromatic rings. The van der Waals surface area contributed by atoms with Crippen LogP contribution in [0, 0.1) is 6.92 Å². The molecule has 104 valence electrons. The van der Waals surface area contributed by atoms with Crippen LogP contribution < -0.4 is 5.32 Å². The van der Waals surface area contributed by atoms with Gasteiger partial charge in [-0.3, -0.25) is 0 Å². The normalized spacial score (nSPS) is 21.6. The lowest BCUT2D eigenvalue weighted by atomic mass is 10.3. The molecule has 1 N–H and O–H groups in total. The minimum absolute atomic E-state index is 0. The standard InChI is InChI=1S/C10H15ClN2O2S2.ClH/c1-7-5-9(16-10(7)11)17(14,15)13-4-3-12-8(2)6-13;/h5,8,12H,3-4,6H2,1-2H3;1H. The molecule has 8 heteroatoms. The lowest BCUT2D eigenvalue weighted by molar-refractivity contribution is 0.311. The van der Waals surface area contributed by atoms with Crippen molar-refractivity contribution in [2.24, 2.45) is 0 Å². The topological polar surface area (TPSA) is 49.4 Å². The minimum atomic E-state index is -3.37. The van der Waals surface area contributed by atoms with Crippen LogP contribution in [0.3, 0.4) is 0 Å². The molecule has 1 atom stereocenters. The molecule has 0 amide bonds. The van der Waals surface area contributed by atoms with Crippen molar-refractivity contribution in [3.05, 3.63) is 16.0 Å². The Morgan fingerprint density at radius 3 is 2.72 bits per heavy atom. The first-order valence-corrected chi connectivity index (χ1v) is 8.04. The molecular weight excluding hydrogens is 315 g/mol. The number of halogens is 2. The Kier molecular flexibility index (Phi) is 5.46. The first kappa shape index (κ1) is 16.2. The van der Waals surface area contributed by atoms with Gasteiger partial charge in [-0.15, -0.1) is 23.7 Å². The smallest absolute Gasteiger partial charge is 0.252 e. The van der Waals surface area contributed by atoms with Gasteiger partial charge in [0.2, 0.25) is 0 Å². The second-order valence-corrected chi connectivity index (χ2v) is 8.06. The van der Waals surface area contributed by atoms with Crippen LogP contribution in [-0.4, -0.2) is 38.4 Å². The van der Waals surface area contributed by atoms with Gasteiger partial charge in [-0.1, -0.05) is 11.6 Å². The number of aryl methyl sites for hydroxylation is 1. The Balaban J connectivity index is 0.00000162. The molecule has 0 saturated carbocycles. The third-order valence-electron chi connectivity index (χ3n) is 2.76. The van der Waals surface area contributed by atoms with Gasteiger partial charge in [-0.05, 0) is 25.5 Å². The number of sulfonamides is 1. The van der Waals surface area contributed by atoms with Crippen molar-refractivity contribution >= 4 is 45.4 Å². The Hall–Kier alpha value is 0.150. The molecule has 18 heavy (non-hydrogen) atoms. The number of thiophene rings is 1. The average Bonchev–Trinajstić information content (AvgIpc) is 2.60. The van der Waals surface area contributed by atoms with E-state index in [4.69, 9.17) is 11.6 Å². The Morgan fingerprint density at radius 2 is 2.22 bits per heavy atom. The van der Waals surface area contributed by atoms with E-state index in [1.807, 2.05) is 13.8 Å². The molecule has 1 fully saturated rings. The number of piperazine rings is 1. The molecule has 1 saturated heterocycles. The first-order valence-electron chi connectivity index (χ1n) is 5.40. The summed E-state index contributed by atoms with van der Waals surface area (Å²) in [5.74, 6) is 0. The third kappa shape index (κ3) is 3.18. The first-order chi connectivity index (χ1) is 7.91. The van der Waals surface area contributed by atoms with Crippen molar-refractivity contribution < 1.29 is 8.42 Å². The quantitative estimate of drug-likeness (QED) is 0.903. The zero-order valence-electron chi connectivity index (χ0n) is 10.1. The average molecular weight is 331 g/mol. The molecule has 1 aliphatic rings. The van der Waals surface area contributed by atoms with E-state index in [9.17, 15) is 8.42 Å². The van der Waals surface area contributed by atoms with Crippen LogP contribution in [0.5, 0.6) is 0 Å². The summed E-state index contributed by atoms with van der Waals surface area (Å²) in [6.45, 7) is 5.52. The fourth-order valence-corrected chi connectivity index (χ4v) is 5.19. The molecule has 2 rings (SSSR count). The second-order valence-electron chi connectivity index (χ2n) is 4.24. The number of nitrogens with one attached hydrogen (secondary N) is 1. The molecule has 4 nitrogen and oxygen atoms in total. The van der Waals surface area contributed by atoms with Gasteiger partial charge in [-0.2, -0.15) is 4.31 Å². The molecular formula is C10H16Cl2N2O2S2. The predicted molar refractivity (Wildman–Crippen MR) is 77.5 cm³/mol. The SMILES string of the molecule is Cc1cc(S(=O)(=O)N2CCNC(C)C2)sc1Cl.Cl. The van der Waals surface area contributed by atoms with E-state index in [1.54, 1.807) is 6.07 Å². The molecule has 0 aromatic carbocycles. The van der Waals surface area contributed by atoms with Crippen molar-refractivity contribution in [3.8, 4) is 0 Å². The highest BCUT2D eigenvalue weighted by Crippen LogP contribution is 2.32. The van der Waals surface area contributed by atoms with E-state index < -0.39 is 10.0 Å². The monoisotopic (exact) mass is 330 g/mol. The summed E-state index contributed by atoms with van der Waals surface area (Å²) in [6.07, 6.45) is 0. The van der Waals surface area contributed by atoms with E-state index in [0.717, 1.165) is 16.9 Å². The van der Waals surface area contributed by atoms with Crippen LogP contribution in [0.25, 0.3) is 0 Å². The number of hydrogen-bond donors (Lipinski definition) is 1. The van der Waals surface area contributed by atoms with Crippen molar-refractivity contribution in [2.45, 2.75) is 24.1 Å². The number of rotatable bonds is 2. The molecule has 0 bridgehead atoms. The van der Waals surface area contributed by atoms with E-state index in [0.29, 0.717) is 28.2 Å². The molecule has 0 aliphatic carbocycles. The minimum Gasteiger partial charge on any atom is -0.312 e. The summed E-state index contributed by atoms with van der Waals surface area (Å²) in [5, 5.41) is 3.22. The highest BCUT2D eigenvalue weighted by atomic mass is 35.5. The molecule has 1 aliphatic heterocycles. The zero-order chi connectivity index (χ0) is 12.6. The van der Waals surface area contributed by atoms with Crippen LogP contribution >= 0.6 is 35.3 Å². The van der Waals surface area contributed by atoms with Crippen molar-refractivity contribution in [3.63, 3.8) is 0 Å². The maximum absolute atomic E-state index is 12.3. The molecule has 1 aromatic heterocycles. The lowest BCUT2D eigenvalue weighted by Crippen LogP contribution is -2.51. The van der Waals surface area contributed by atoms with Gasteiger partial charge >= 0.3 is 0 Å². The summed E-state index contributed by atoms with van der Waals surface area (Å²) in [6, 6.07) is 1.84. The summed E-state index contributed by atoms with van der Waals surface area (Å²) in [4.78, 5) is 0. The van der Waals surface area contributed by atoms with Gasteiger partial charge in [0.1, 0.15) is 4.21 Å². The van der Waals surface area contributed by atoms with Gasteiger partial charge in [0.15, 0.2) is 0 Å². The Bertz CT molecular complexity index is 496. The van der Waals surface area contributed by atoms with E-state index >= 15 is 0 Å². The summed E-state index contributed by atoms with van der Waals surface area (Å²) in [5.41, 5.74) is 0.818.